The Morgan fingerprint density at radius 1 is 1.25 bits per heavy atom. The van der Waals surface area contributed by atoms with Crippen LogP contribution in [0.3, 0.4) is 0 Å². The van der Waals surface area contributed by atoms with Gasteiger partial charge in [0.25, 0.3) is 5.91 Å². The lowest BCUT2D eigenvalue weighted by Crippen LogP contribution is -2.51. The molecule has 0 spiro atoms. The van der Waals surface area contributed by atoms with E-state index in [1.807, 2.05) is 35.2 Å². The van der Waals surface area contributed by atoms with Crippen molar-refractivity contribution in [2.75, 3.05) is 19.6 Å². The number of rotatable bonds is 1. The number of halogens is 1. The Morgan fingerprint density at radius 2 is 2.00 bits per heavy atom. The summed E-state index contributed by atoms with van der Waals surface area (Å²) in [6.07, 6.45) is 0. The van der Waals surface area contributed by atoms with Crippen LogP contribution in [-0.2, 0) is 0 Å². The molecule has 1 aliphatic rings. The van der Waals surface area contributed by atoms with Crippen molar-refractivity contribution >= 4 is 32.6 Å². The highest BCUT2D eigenvalue weighted by molar-refractivity contribution is 9.10. The van der Waals surface area contributed by atoms with Crippen LogP contribution in [-0.4, -0.2) is 36.5 Å². The van der Waals surface area contributed by atoms with Crippen LogP contribution in [0.15, 0.2) is 40.9 Å². The van der Waals surface area contributed by atoms with Gasteiger partial charge in [-0.2, -0.15) is 0 Å². The fraction of sp³-hybridized carbons (Fsp3) is 0.312. The molecule has 1 aliphatic heterocycles. The fourth-order valence-electron chi connectivity index (χ4n) is 2.65. The standard InChI is InChI=1S/C16H17BrN2O/c1-11-10-19(7-6-18-11)16(20)14-3-2-13-9-15(17)5-4-12(13)8-14/h2-5,8-9,11,18H,6-7,10H2,1H3. The number of nitrogens with one attached hydrogen (secondary N) is 1. The summed E-state index contributed by atoms with van der Waals surface area (Å²) < 4.78 is 1.06. The van der Waals surface area contributed by atoms with Crippen molar-refractivity contribution in [3.8, 4) is 0 Å². The Kier molecular flexibility index (Phi) is 3.76. The maximum Gasteiger partial charge on any atom is 0.253 e. The van der Waals surface area contributed by atoms with E-state index in [9.17, 15) is 4.79 Å². The normalized spacial score (nSPS) is 19.3. The van der Waals surface area contributed by atoms with E-state index in [2.05, 4.69) is 34.2 Å². The Labute approximate surface area is 127 Å². The van der Waals surface area contributed by atoms with E-state index in [0.29, 0.717) is 6.04 Å². The predicted octanol–water partition coefficient (Wildman–Crippen LogP) is 3.04. The zero-order valence-corrected chi connectivity index (χ0v) is 13.0. The number of benzene rings is 2. The molecular weight excluding hydrogens is 316 g/mol. The molecule has 1 heterocycles. The first-order chi connectivity index (χ1) is 9.63. The van der Waals surface area contributed by atoms with Gasteiger partial charge in [-0.1, -0.05) is 28.1 Å². The van der Waals surface area contributed by atoms with Gasteiger partial charge in [-0.25, -0.2) is 0 Å². The van der Waals surface area contributed by atoms with Crippen molar-refractivity contribution in [2.24, 2.45) is 0 Å². The predicted molar refractivity (Wildman–Crippen MR) is 85.0 cm³/mol. The quantitative estimate of drug-likeness (QED) is 0.870. The smallest absolute Gasteiger partial charge is 0.253 e. The van der Waals surface area contributed by atoms with Crippen molar-refractivity contribution in [2.45, 2.75) is 13.0 Å². The van der Waals surface area contributed by atoms with Gasteiger partial charge in [0.1, 0.15) is 0 Å². The van der Waals surface area contributed by atoms with Crippen molar-refractivity contribution in [3.63, 3.8) is 0 Å². The van der Waals surface area contributed by atoms with Crippen LogP contribution >= 0.6 is 15.9 Å². The number of fused-ring (bicyclic) bond motifs is 1. The molecule has 0 saturated carbocycles. The maximum atomic E-state index is 12.5. The van der Waals surface area contributed by atoms with Crippen molar-refractivity contribution in [3.05, 3.63) is 46.4 Å². The van der Waals surface area contributed by atoms with E-state index in [-0.39, 0.29) is 5.91 Å². The molecule has 3 rings (SSSR count). The largest absolute Gasteiger partial charge is 0.336 e. The summed E-state index contributed by atoms with van der Waals surface area (Å²) in [6, 6.07) is 12.4. The van der Waals surface area contributed by atoms with Crippen molar-refractivity contribution < 1.29 is 4.79 Å². The third-order valence-corrected chi connectivity index (χ3v) is 4.20. The molecule has 1 saturated heterocycles. The van der Waals surface area contributed by atoms with Crippen LogP contribution < -0.4 is 5.32 Å². The number of carbonyl (C=O) groups is 1. The van der Waals surface area contributed by atoms with Gasteiger partial charge in [0, 0.05) is 35.7 Å². The molecule has 1 amide bonds. The van der Waals surface area contributed by atoms with Crippen LogP contribution in [0.5, 0.6) is 0 Å². The Balaban J connectivity index is 1.89. The van der Waals surface area contributed by atoms with Crippen LogP contribution in [0.25, 0.3) is 10.8 Å². The van der Waals surface area contributed by atoms with E-state index in [1.54, 1.807) is 0 Å². The minimum absolute atomic E-state index is 0.128. The second-order valence-electron chi connectivity index (χ2n) is 5.31. The van der Waals surface area contributed by atoms with Crippen LogP contribution in [0, 0.1) is 0 Å². The number of hydrogen-bond donors (Lipinski definition) is 1. The lowest BCUT2D eigenvalue weighted by atomic mass is 10.1. The molecular formula is C16H17BrN2O. The highest BCUT2D eigenvalue weighted by Gasteiger charge is 2.21. The van der Waals surface area contributed by atoms with E-state index in [1.165, 1.54) is 0 Å². The average molecular weight is 333 g/mol. The van der Waals surface area contributed by atoms with Gasteiger partial charge >= 0.3 is 0 Å². The second kappa shape index (κ2) is 5.54. The van der Waals surface area contributed by atoms with Gasteiger partial charge in [0.2, 0.25) is 0 Å². The highest BCUT2D eigenvalue weighted by Crippen LogP contribution is 2.21. The minimum Gasteiger partial charge on any atom is -0.336 e. The molecule has 1 fully saturated rings. The van der Waals surface area contributed by atoms with Crippen LogP contribution in [0.4, 0.5) is 0 Å². The first-order valence-electron chi connectivity index (χ1n) is 6.85. The molecule has 1 unspecified atom stereocenters. The molecule has 0 bridgehead atoms. The Bertz CT molecular complexity index is 656. The molecule has 3 nitrogen and oxygen atoms in total. The van der Waals surface area contributed by atoms with E-state index < -0.39 is 0 Å². The molecule has 0 aromatic heterocycles. The third kappa shape index (κ3) is 2.72. The summed E-state index contributed by atoms with van der Waals surface area (Å²) in [6.45, 7) is 4.53. The first kappa shape index (κ1) is 13.6. The number of nitrogens with zero attached hydrogens (tertiary/aromatic N) is 1. The zero-order valence-electron chi connectivity index (χ0n) is 11.4. The SMILES string of the molecule is CC1CN(C(=O)c2ccc3cc(Br)ccc3c2)CCN1. The monoisotopic (exact) mass is 332 g/mol. The number of carbonyl (C=O) groups excluding carboxylic acids is 1. The number of amides is 1. The van der Waals surface area contributed by atoms with Crippen LogP contribution in [0.1, 0.15) is 17.3 Å². The Hall–Kier alpha value is -1.39. The van der Waals surface area contributed by atoms with Gasteiger partial charge in [0.05, 0.1) is 0 Å². The first-order valence-corrected chi connectivity index (χ1v) is 7.65. The lowest BCUT2D eigenvalue weighted by Gasteiger charge is -2.32. The molecule has 2 aromatic carbocycles. The molecule has 1 atom stereocenters. The number of hydrogen-bond acceptors (Lipinski definition) is 2. The van der Waals surface area contributed by atoms with E-state index in [4.69, 9.17) is 0 Å². The summed E-state index contributed by atoms with van der Waals surface area (Å²) >= 11 is 3.47. The van der Waals surface area contributed by atoms with Gasteiger partial charge in [-0.05, 0) is 42.0 Å². The molecule has 4 heteroatoms. The molecule has 104 valence electrons. The average Bonchev–Trinajstić information content (AvgIpc) is 2.46. The van der Waals surface area contributed by atoms with E-state index >= 15 is 0 Å². The zero-order chi connectivity index (χ0) is 14.1. The summed E-state index contributed by atoms with van der Waals surface area (Å²) in [4.78, 5) is 14.5. The second-order valence-corrected chi connectivity index (χ2v) is 6.23. The van der Waals surface area contributed by atoms with Gasteiger partial charge < -0.3 is 10.2 Å². The van der Waals surface area contributed by atoms with Crippen molar-refractivity contribution in [1.82, 2.24) is 10.2 Å². The minimum atomic E-state index is 0.128. The topological polar surface area (TPSA) is 32.3 Å². The summed E-state index contributed by atoms with van der Waals surface area (Å²) in [5.41, 5.74) is 0.772. The molecule has 2 aromatic rings. The summed E-state index contributed by atoms with van der Waals surface area (Å²) in [5, 5.41) is 5.60. The fourth-order valence-corrected chi connectivity index (χ4v) is 3.03. The van der Waals surface area contributed by atoms with Crippen molar-refractivity contribution in [1.29, 1.82) is 0 Å². The highest BCUT2D eigenvalue weighted by atomic mass is 79.9. The maximum absolute atomic E-state index is 12.5. The van der Waals surface area contributed by atoms with Gasteiger partial charge in [-0.3, -0.25) is 4.79 Å². The molecule has 1 N–H and O–H groups in total. The van der Waals surface area contributed by atoms with Crippen LogP contribution in [0.2, 0.25) is 0 Å². The molecule has 0 radical (unpaired) electrons. The Morgan fingerprint density at radius 3 is 2.80 bits per heavy atom. The third-order valence-electron chi connectivity index (χ3n) is 3.71. The molecule has 20 heavy (non-hydrogen) atoms. The van der Waals surface area contributed by atoms with E-state index in [0.717, 1.165) is 40.4 Å². The lowest BCUT2D eigenvalue weighted by molar-refractivity contribution is 0.0709. The van der Waals surface area contributed by atoms with Gasteiger partial charge in [0.15, 0.2) is 0 Å². The summed E-state index contributed by atoms with van der Waals surface area (Å²) in [5.74, 6) is 0.128. The molecule has 0 aliphatic carbocycles. The van der Waals surface area contributed by atoms with Gasteiger partial charge in [-0.15, -0.1) is 0 Å². The summed E-state index contributed by atoms with van der Waals surface area (Å²) in [7, 11) is 0. The number of piperazine rings is 1.